The SMILES string of the molecule is CC(C)CNC(=O)C1CCNC(C(C)(C)COC[C@@H](F)CNCC(C)COC2CCNCC2)C1. The van der Waals surface area contributed by atoms with E-state index in [0.717, 1.165) is 58.4 Å². The van der Waals surface area contributed by atoms with Crippen LogP contribution in [0.3, 0.4) is 0 Å². The van der Waals surface area contributed by atoms with Crippen LogP contribution < -0.4 is 21.3 Å². The van der Waals surface area contributed by atoms with Crippen LogP contribution in [0.4, 0.5) is 4.39 Å². The maximum Gasteiger partial charge on any atom is 0.223 e. The number of hydrogen-bond acceptors (Lipinski definition) is 6. The van der Waals surface area contributed by atoms with Gasteiger partial charge in [-0.15, -0.1) is 0 Å². The van der Waals surface area contributed by atoms with E-state index in [1.54, 1.807) is 0 Å². The molecule has 2 aliphatic rings. The predicted molar refractivity (Wildman–Crippen MR) is 136 cm³/mol. The molecule has 200 valence electrons. The van der Waals surface area contributed by atoms with Crippen molar-refractivity contribution >= 4 is 5.91 Å². The Morgan fingerprint density at radius 1 is 1.06 bits per heavy atom. The van der Waals surface area contributed by atoms with Crippen molar-refractivity contribution in [2.45, 2.75) is 78.6 Å². The van der Waals surface area contributed by atoms with Crippen LogP contribution in [0.5, 0.6) is 0 Å². The molecular weight excluding hydrogens is 435 g/mol. The molecule has 2 heterocycles. The lowest BCUT2D eigenvalue weighted by Crippen LogP contribution is -2.52. The highest BCUT2D eigenvalue weighted by Gasteiger charge is 2.36. The summed E-state index contributed by atoms with van der Waals surface area (Å²) < 4.78 is 26.1. The fourth-order valence-electron chi connectivity index (χ4n) is 4.62. The minimum absolute atomic E-state index is 0.0307. The van der Waals surface area contributed by atoms with E-state index < -0.39 is 6.17 Å². The normalized spacial score (nSPS) is 24.2. The summed E-state index contributed by atoms with van der Waals surface area (Å²) in [5, 5.41) is 13.2. The average molecular weight is 487 g/mol. The monoisotopic (exact) mass is 486 g/mol. The Hall–Kier alpha value is -0.800. The van der Waals surface area contributed by atoms with E-state index in [9.17, 15) is 9.18 Å². The molecule has 1 amide bonds. The highest BCUT2D eigenvalue weighted by atomic mass is 19.1. The number of amides is 1. The Balaban J connectivity index is 1.59. The van der Waals surface area contributed by atoms with Gasteiger partial charge in [-0.05, 0) is 57.2 Å². The van der Waals surface area contributed by atoms with Gasteiger partial charge in [0.05, 0.1) is 25.9 Å². The first-order valence-electron chi connectivity index (χ1n) is 13.4. The number of hydrogen-bond donors (Lipinski definition) is 4. The molecule has 4 N–H and O–H groups in total. The molecule has 3 unspecified atom stereocenters. The Morgan fingerprint density at radius 3 is 2.50 bits per heavy atom. The second-order valence-corrected chi connectivity index (χ2v) is 11.5. The highest BCUT2D eigenvalue weighted by molar-refractivity contribution is 5.78. The van der Waals surface area contributed by atoms with Crippen LogP contribution in [-0.2, 0) is 14.3 Å². The van der Waals surface area contributed by atoms with Crippen LogP contribution in [0.2, 0.25) is 0 Å². The zero-order chi connectivity index (χ0) is 25.0. The molecular formula is C26H51FN4O3. The van der Waals surface area contributed by atoms with Gasteiger partial charge in [-0.25, -0.2) is 4.39 Å². The molecule has 4 atom stereocenters. The van der Waals surface area contributed by atoms with Crippen LogP contribution in [-0.4, -0.2) is 83.3 Å². The average Bonchev–Trinajstić information content (AvgIpc) is 2.82. The van der Waals surface area contributed by atoms with Gasteiger partial charge in [0.2, 0.25) is 5.91 Å². The summed E-state index contributed by atoms with van der Waals surface area (Å²) in [6.45, 7) is 16.5. The molecule has 7 nitrogen and oxygen atoms in total. The van der Waals surface area contributed by atoms with Crippen molar-refractivity contribution in [1.82, 2.24) is 21.3 Å². The van der Waals surface area contributed by atoms with Crippen LogP contribution in [0.15, 0.2) is 0 Å². The topological polar surface area (TPSA) is 83.7 Å². The van der Waals surface area contributed by atoms with Crippen molar-refractivity contribution in [3.05, 3.63) is 0 Å². The molecule has 2 aliphatic heterocycles. The lowest BCUT2D eigenvalue weighted by molar-refractivity contribution is -0.126. The van der Waals surface area contributed by atoms with Crippen LogP contribution >= 0.6 is 0 Å². The number of alkyl halides is 1. The smallest absolute Gasteiger partial charge is 0.223 e. The van der Waals surface area contributed by atoms with Gasteiger partial charge in [0.15, 0.2) is 0 Å². The summed E-state index contributed by atoms with van der Waals surface area (Å²) in [4.78, 5) is 12.5. The predicted octanol–water partition coefficient (Wildman–Crippen LogP) is 2.50. The van der Waals surface area contributed by atoms with E-state index in [1.807, 2.05) is 0 Å². The summed E-state index contributed by atoms with van der Waals surface area (Å²) in [6, 6.07) is 0.174. The van der Waals surface area contributed by atoms with Gasteiger partial charge in [-0.3, -0.25) is 4.79 Å². The maximum atomic E-state index is 14.4. The molecule has 0 aromatic rings. The third-order valence-electron chi connectivity index (χ3n) is 6.94. The Labute approximate surface area is 207 Å². The van der Waals surface area contributed by atoms with Gasteiger partial charge >= 0.3 is 0 Å². The Bertz CT molecular complexity index is 572. The van der Waals surface area contributed by atoms with E-state index in [4.69, 9.17) is 9.47 Å². The first-order valence-corrected chi connectivity index (χ1v) is 13.4. The van der Waals surface area contributed by atoms with Crippen LogP contribution in [0.25, 0.3) is 0 Å². The minimum atomic E-state index is -1.04. The van der Waals surface area contributed by atoms with Gasteiger partial charge < -0.3 is 30.7 Å². The number of nitrogens with one attached hydrogen (secondary N) is 4. The third kappa shape index (κ3) is 11.3. The molecule has 2 fully saturated rings. The van der Waals surface area contributed by atoms with Crippen molar-refractivity contribution in [3.8, 4) is 0 Å². The highest BCUT2D eigenvalue weighted by Crippen LogP contribution is 2.30. The van der Waals surface area contributed by atoms with Gasteiger partial charge in [0.25, 0.3) is 0 Å². The van der Waals surface area contributed by atoms with Crippen molar-refractivity contribution in [3.63, 3.8) is 0 Å². The number of rotatable bonds is 15. The summed E-state index contributed by atoms with van der Waals surface area (Å²) in [5.74, 6) is 0.987. The quantitative estimate of drug-likeness (QED) is 0.285. The van der Waals surface area contributed by atoms with Gasteiger partial charge in [0.1, 0.15) is 6.17 Å². The number of ether oxygens (including phenoxy) is 2. The summed E-state index contributed by atoms with van der Waals surface area (Å²) >= 11 is 0. The fraction of sp³-hybridized carbons (Fsp3) is 0.962. The first-order chi connectivity index (χ1) is 16.2. The minimum Gasteiger partial charge on any atom is -0.378 e. The number of piperidine rings is 2. The van der Waals surface area contributed by atoms with Gasteiger partial charge in [-0.1, -0.05) is 34.6 Å². The molecule has 2 rings (SSSR count). The van der Waals surface area contributed by atoms with E-state index >= 15 is 0 Å². The maximum absolute atomic E-state index is 14.4. The standard InChI is InChI=1S/C26H51FN4O3/c1-19(2)13-31-25(32)21-6-11-30-24(12-21)26(4,5)18-33-17-22(27)15-29-14-20(3)16-34-23-7-9-28-10-8-23/h19-24,28-30H,6-18H2,1-5H3,(H,31,32)/t20?,21?,22-,24?/m0/s1. The first kappa shape index (κ1) is 29.4. The number of halogens is 1. The third-order valence-corrected chi connectivity index (χ3v) is 6.94. The van der Waals surface area contributed by atoms with E-state index in [0.29, 0.717) is 31.2 Å². The summed E-state index contributed by atoms with van der Waals surface area (Å²) in [7, 11) is 0. The van der Waals surface area contributed by atoms with Gasteiger partial charge in [-0.2, -0.15) is 0 Å². The number of carbonyl (C=O) groups excluding carboxylic acids is 1. The van der Waals surface area contributed by atoms with E-state index in [-0.39, 0.29) is 36.4 Å². The molecule has 0 aromatic heterocycles. The van der Waals surface area contributed by atoms with E-state index in [2.05, 4.69) is 55.9 Å². The van der Waals surface area contributed by atoms with Crippen molar-refractivity contribution in [1.29, 1.82) is 0 Å². The van der Waals surface area contributed by atoms with E-state index in [1.165, 1.54) is 0 Å². The zero-order valence-electron chi connectivity index (χ0n) is 22.3. The molecule has 0 spiro atoms. The molecule has 2 saturated heterocycles. The number of carbonyl (C=O) groups is 1. The van der Waals surface area contributed by atoms with Crippen molar-refractivity contribution in [2.24, 2.45) is 23.2 Å². The van der Waals surface area contributed by atoms with Crippen molar-refractivity contribution < 1.29 is 18.7 Å². The summed E-state index contributed by atoms with van der Waals surface area (Å²) in [5.41, 5.74) is -0.176. The molecule has 34 heavy (non-hydrogen) atoms. The lowest BCUT2D eigenvalue weighted by atomic mass is 9.77. The second-order valence-electron chi connectivity index (χ2n) is 11.5. The Morgan fingerprint density at radius 2 is 1.79 bits per heavy atom. The fourth-order valence-corrected chi connectivity index (χ4v) is 4.62. The molecule has 0 saturated carbocycles. The van der Waals surface area contributed by atoms with Crippen molar-refractivity contribution in [2.75, 3.05) is 59.1 Å². The molecule has 0 aliphatic carbocycles. The second kappa shape index (κ2) is 15.3. The summed E-state index contributed by atoms with van der Waals surface area (Å²) in [6.07, 6.45) is 3.11. The molecule has 0 bridgehead atoms. The molecule has 0 radical (unpaired) electrons. The van der Waals surface area contributed by atoms with Crippen LogP contribution in [0.1, 0.15) is 60.3 Å². The van der Waals surface area contributed by atoms with Gasteiger partial charge in [0, 0.05) is 37.0 Å². The zero-order valence-corrected chi connectivity index (χ0v) is 22.3. The Kier molecular flexibility index (Phi) is 13.3. The molecule has 0 aromatic carbocycles. The van der Waals surface area contributed by atoms with Crippen LogP contribution in [0, 0.1) is 23.2 Å². The molecule has 8 heteroatoms. The lowest BCUT2D eigenvalue weighted by Gasteiger charge is -2.40. The largest absolute Gasteiger partial charge is 0.378 e.